The second-order valence-corrected chi connectivity index (χ2v) is 7.58. The standard InChI is InChI=1S/C16H30N2O/c1-15(2,3)12-16(4,5)18-14(19)17-11-13-9-7-6-8-10-13/h11H,6-10,12H2,1-5H3,(H2,17,18,19). The molecule has 0 atom stereocenters. The molecule has 1 aliphatic carbocycles. The number of amides is 2. The Morgan fingerprint density at radius 1 is 1.11 bits per heavy atom. The van der Waals surface area contributed by atoms with E-state index in [1.807, 2.05) is 6.20 Å². The lowest BCUT2D eigenvalue weighted by molar-refractivity contribution is 0.213. The molecular weight excluding hydrogens is 236 g/mol. The van der Waals surface area contributed by atoms with Crippen LogP contribution in [0.5, 0.6) is 0 Å². The van der Waals surface area contributed by atoms with Gasteiger partial charge in [0, 0.05) is 11.7 Å². The van der Waals surface area contributed by atoms with E-state index in [4.69, 9.17) is 0 Å². The van der Waals surface area contributed by atoms with Crippen molar-refractivity contribution >= 4 is 6.03 Å². The van der Waals surface area contributed by atoms with Crippen molar-refractivity contribution in [1.29, 1.82) is 0 Å². The third kappa shape index (κ3) is 7.24. The maximum absolute atomic E-state index is 11.9. The molecule has 1 rings (SSSR count). The first-order valence-electron chi connectivity index (χ1n) is 7.45. The van der Waals surface area contributed by atoms with Crippen LogP contribution < -0.4 is 10.6 Å². The zero-order valence-corrected chi connectivity index (χ0v) is 13.2. The first kappa shape index (κ1) is 16.1. The Morgan fingerprint density at radius 3 is 2.21 bits per heavy atom. The number of carbonyl (C=O) groups is 1. The van der Waals surface area contributed by atoms with Crippen molar-refractivity contribution in [3.05, 3.63) is 11.8 Å². The van der Waals surface area contributed by atoms with Crippen LogP contribution in [-0.4, -0.2) is 11.6 Å². The molecule has 1 fully saturated rings. The summed E-state index contributed by atoms with van der Waals surface area (Å²) in [5, 5.41) is 5.94. The molecule has 110 valence electrons. The molecule has 0 aromatic heterocycles. The summed E-state index contributed by atoms with van der Waals surface area (Å²) < 4.78 is 0. The molecule has 0 aliphatic heterocycles. The van der Waals surface area contributed by atoms with Crippen molar-refractivity contribution in [2.24, 2.45) is 5.41 Å². The monoisotopic (exact) mass is 266 g/mol. The van der Waals surface area contributed by atoms with Gasteiger partial charge in [-0.3, -0.25) is 0 Å². The van der Waals surface area contributed by atoms with Crippen LogP contribution >= 0.6 is 0 Å². The van der Waals surface area contributed by atoms with E-state index < -0.39 is 0 Å². The highest BCUT2D eigenvalue weighted by atomic mass is 16.2. The highest BCUT2D eigenvalue weighted by Crippen LogP contribution is 2.26. The van der Waals surface area contributed by atoms with Crippen molar-refractivity contribution < 1.29 is 4.79 Å². The highest BCUT2D eigenvalue weighted by molar-refractivity contribution is 5.75. The Bertz CT molecular complexity index is 329. The fourth-order valence-electron chi connectivity index (χ4n) is 3.03. The predicted octanol–water partition coefficient (Wildman–Crippen LogP) is 4.35. The molecule has 0 unspecified atom stereocenters. The number of allylic oxidation sites excluding steroid dienone is 1. The minimum Gasteiger partial charge on any atom is -0.333 e. The normalized spacial score (nSPS) is 17.0. The Labute approximate surface area is 118 Å². The smallest absolute Gasteiger partial charge is 0.319 e. The van der Waals surface area contributed by atoms with Gasteiger partial charge >= 0.3 is 6.03 Å². The van der Waals surface area contributed by atoms with Gasteiger partial charge in [-0.25, -0.2) is 4.79 Å². The van der Waals surface area contributed by atoms with E-state index in [0.717, 1.165) is 19.3 Å². The topological polar surface area (TPSA) is 41.1 Å². The van der Waals surface area contributed by atoms with E-state index in [2.05, 4.69) is 45.3 Å². The molecular formula is C16H30N2O. The Balaban J connectivity index is 2.41. The fraction of sp³-hybridized carbons (Fsp3) is 0.812. The van der Waals surface area contributed by atoms with E-state index in [-0.39, 0.29) is 17.0 Å². The molecule has 2 N–H and O–H groups in total. The number of urea groups is 1. The minimum atomic E-state index is -0.187. The van der Waals surface area contributed by atoms with Crippen LogP contribution in [0.25, 0.3) is 0 Å². The van der Waals surface area contributed by atoms with Gasteiger partial charge in [0.1, 0.15) is 0 Å². The van der Waals surface area contributed by atoms with E-state index in [1.54, 1.807) is 0 Å². The molecule has 19 heavy (non-hydrogen) atoms. The summed E-state index contributed by atoms with van der Waals surface area (Å²) in [6.45, 7) is 10.7. The summed E-state index contributed by atoms with van der Waals surface area (Å²) in [4.78, 5) is 11.9. The van der Waals surface area contributed by atoms with Gasteiger partial charge in [-0.1, -0.05) is 32.8 Å². The van der Waals surface area contributed by atoms with Gasteiger partial charge in [0.05, 0.1) is 0 Å². The second-order valence-electron chi connectivity index (χ2n) is 7.58. The van der Waals surface area contributed by atoms with Gasteiger partial charge in [-0.2, -0.15) is 0 Å². The van der Waals surface area contributed by atoms with Crippen LogP contribution in [0.2, 0.25) is 0 Å². The molecule has 0 aromatic rings. The zero-order valence-electron chi connectivity index (χ0n) is 13.2. The SMILES string of the molecule is CC(C)(C)CC(C)(C)NC(=O)NC=C1CCCCC1. The van der Waals surface area contributed by atoms with Gasteiger partial charge in [0.25, 0.3) is 0 Å². The number of hydrogen-bond acceptors (Lipinski definition) is 1. The number of nitrogens with one attached hydrogen (secondary N) is 2. The maximum Gasteiger partial charge on any atom is 0.319 e. The predicted molar refractivity (Wildman–Crippen MR) is 81.0 cm³/mol. The largest absolute Gasteiger partial charge is 0.333 e. The third-order valence-corrected chi connectivity index (χ3v) is 3.33. The molecule has 0 spiro atoms. The van der Waals surface area contributed by atoms with E-state index in [0.29, 0.717) is 0 Å². The summed E-state index contributed by atoms with van der Waals surface area (Å²) in [5.41, 5.74) is 1.39. The second kappa shape index (κ2) is 6.44. The van der Waals surface area contributed by atoms with Gasteiger partial charge in [0.2, 0.25) is 0 Å². The molecule has 0 heterocycles. The van der Waals surface area contributed by atoms with Crippen LogP contribution in [0.1, 0.15) is 73.1 Å². The minimum absolute atomic E-state index is 0.0904. The third-order valence-electron chi connectivity index (χ3n) is 3.33. The van der Waals surface area contributed by atoms with E-state index in [9.17, 15) is 4.79 Å². The highest BCUT2D eigenvalue weighted by Gasteiger charge is 2.26. The molecule has 3 heteroatoms. The summed E-state index contributed by atoms with van der Waals surface area (Å²) in [6, 6.07) is -0.0904. The van der Waals surface area contributed by atoms with Crippen LogP contribution in [0, 0.1) is 5.41 Å². The van der Waals surface area contributed by atoms with Crippen molar-refractivity contribution in [2.75, 3.05) is 0 Å². The molecule has 3 nitrogen and oxygen atoms in total. The van der Waals surface area contributed by atoms with E-state index in [1.165, 1.54) is 24.8 Å². The average Bonchev–Trinajstić information content (AvgIpc) is 2.23. The Morgan fingerprint density at radius 2 is 1.68 bits per heavy atom. The lowest BCUT2D eigenvalue weighted by atomic mass is 9.82. The average molecular weight is 266 g/mol. The lowest BCUT2D eigenvalue weighted by Gasteiger charge is -2.33. The Kier molecular flexibility index (Phi) is 5.45. The molecule has 1 saturated carbocycles. The summed E-state index contributed by atoms with van der Waals surface area (Å²) in [7, 11) is 0. The van der Waals surface area contributed by atoms with Crippen LogP contribution in [0.3, 0.4) is 0 Å². The number of rotatable bonds is 3. The van der Waals surface area contributed by atoms with Crippen LogP contribution in [0.4, 0.5) is 4.79 Å². The lowest BCUT2D eigenvalue weighted by Crippen LogP contribution is -2.49. The van der Waals surface area contributed by atoms with Crippen LogP contribution in [-0.2, 0) is 0 Å². The molecule has 2 amide bonds. The molecule has 0 radical (unpaired) electrons. The quantitative estimate of drug-likeness (QED) is 0.783. The van der Waals surface area contributed by atoms with Crippen molar-refractivity contribution in [1.82, 2.24) is 10.6 Å². The van der Waals surface area contributed by atoms with Gasteiger partial charge in [-0.05, 0) is 51.4 Å². The Hall–Kier alpha value is -0.990. The van der Waals surface area contributed by atoms with Gasteiger partial charge in [0.15, 0.2) is 0 Å². The zero-order chi connectivity index (χ0) is 14.5. The summed E-state index contributed by atoms with van der Waals surface area (Å²) in [5.74, 6) is 0. The van der Waals surface area contributed by atoms with Gasteiger partial charge < -0.3 is 10.6 Å². The number of carbonyl (C=O) groups excluding carboxylic acids is 1. The molecule has 1 aliphatic rings. The maximum atomic E-state index is 11.9. The first-order valence-corrected chi connectivity index (χ1v) is 7.45. The van der Waals surface area contributed by atoms with Gasteiger partial charge in [-0.15, -0.1) is 0 Å². The van der Waals surface area contributed by atoms with Crippen molar-refractivity contribution in [3.8, 4) is 0 Å². The molecule has 0 aromatic carbocycles. The molecule has 0 saturated heterocycles. The first-order chi connectivity index (χ1) is 8.68. The van der Waals surface area contributed by atoms with E-state index >= 15 is 0 Å². The summed E-state index contributed by atoms with van der Waals surface area (Å²) in [6.07, 6.45) is 8.94. The molecule has 0 bridgehead atoms. The summed E-state index contributed by atoms with van der Waals surface area (Å²) >= 11 is 0. The van der Waals surface area contributed by atoms with Crippen LogP contribution in [0.15, 0.2) is 11.8 Å². The number of hydrogen-bond donors (Lipinski definition) is 2. The fourth-order valence-corrected chi connectivity index (χ4v) is 3.03. The van der Waals surface area contributed by atoms with Crippen molar-refractivity contribution in [2.45, 2.75) is 78.7 Å². The van der Waals surface area contributed by atoms with Crippen molar-refractivity contribution in [3.63, 3.8) is 0 Å².